The number of aliphatic carboxylic acids is 3. The van der Waals surface area contributed by atoms with Gasteiger partial charge in [-0.3, -0.25) is 9.59 Å². The molecule has 7 N–H and O–H groups in total. The molecule has 0 amide bonds. The van der Waals surface area contributed by atoms with E-state index in [0.717, 1.165) is 0 Å². The van der Waals surface area contributed by atoms with E-state index in [1.54, 1.807) is 0 Å². The molecular formula is C12H20O12. The molecule has 140 valence electrons. The Morgan fingerprint density at radius 1 is 1.00 bits per heavy atom. The average Bonchev–Trinajstić information content (AvgIpc) is 2.42. The molecule has 0 aromatic rings. The van der Waals surface area contributed by atoms with Crippen LogP contribution in [0.3, 0.4) is 0 Å². The number of carbonyl (C=O) groups is 4. The lowest BCUT2D eigenvalue weighted by Crippen LogP contribution is -2.42. The van der Waals surface area contributed by atoms with Gasteiger partial charge in [0.05, 0.1) is 19.4 Å². The SMILES string of the molecule is CC(O)C(=O)OCC(O)CO.O=C(O)CC(O)(CC(=O)O)C(=O)O. The van der Waals surface area contributed by atoms with Crippen LogP contribution < -0.4 is 0 Å². The van der Waals surface area contributed by atoms with Crippen LogP contribution in [-0.4, -0.2) is 90.6 Å². The van der Waals surface area contributed by atoms with Crippen LogP contribution in [0.5, 0.6) is 0 Å². The summed E-state index contributed by atoms with van der Waals surface area (Å²) >= 11 is 0. The fraction of sp³-hybridized carbons (Fsp3) is 0.667. The molecule has 0 aliphatic rings. The number of hydrogen-bond acceptors (Lipinski definition) is 9. The van der Waals surface area contributed by atoms with Gasteiger partial charge in [-0.25, -0.2) is 9.59 Å². The maximum Gasteiger partial charge on any atom is 0.336 e. The van der Waals surface area contributed by atoms with E-state index in [2.05, 4.69) is 4.74 Å². The smallest absolute Gasteiger partial charge is 0.336 e. The first-order chi connectivity index (χ1) is 10.9. The van der Waals surface area contributed by atoms with Crippen molar-refractivity contribution in [2.24, 2.45) is 0 Å². The van der Waals surface area contributed by atoms with Gasteiger partial charge in [0.1, 0.15) is 18.8 Å². The van der Waals surface area contributed by atoms with Crippen molar-refractivity contribution in [3.8, 4) is 0 Å². The van der Waals surface area contributed by atoms with E-state index >= 15 is 0 Å². The number of aliphatic hydroxyl groups is 4. The highest BCUT2D eigenvalue weighted by Gasteiger charge is 2.40. The zero-order valence-corrected chi connectivity index (χ0v) is 12.7. The Labute approximate surface area is 135 Å². The van der Waals surface area contributed by atoms with Crippen LogP contribution in [0, 0.1) is 0 Å². The Bertz CT molecular complexity index is 427. The topological polar surface area (TPSA) is 219 Å². The molecule has 0 fully saturated rings. The van der Waals surface area contributed by atoms with Gasteiger partial charge < -0.3 is 40.5 Å². The number of carboxylic acids is 3. The maximum absolute atomic E-state index is 10.5. The van der Waals surface area contributed by atoms with E-state index in [1.807, 2.05) is 0 Å². The molecule has 2 atom stereocenters. The minimum absolute atomic E-state index is 0.291. The molecule has 12 nitrogen and oxygen atoms in total. The van der Waals surface area contributed by atoms with Crippen LogP contribution in [-0.2, 0) is 23.9 Å². The largest absolute Gasteiger partial charge is 0.481 e. The van der Waals surface area contributed by atoms with Gasteiger partial charge in [-0.15, -0.1) is 0 Å². The van der Waals surface area contributed by atoms with Crippen LogP contribution >= 0.6 is 0 Å². The Kier molecular flexibility index (Phi) is 11.3. The molecule has 0 saturated carbocycles. The summed E-state index contributed by atoms with van der Waals surface area (Å²) in [6.07, 6.45) is -4.55. The summed E-state index contributed by atoms with van der Waals surface area (Å²) in [6, 6.07) is 0. The summed E-state index contributed by atoms with van der Waals surface area (Å²) < 4.78 is 4.36. The molecule has 0 rings (SSSR count). The summed E-state index contributed by atoms with van der Waals surface area (Å²) in [7, 11) is 0. The van der Waals surface area contributed by atoms with Crippen molar-refractivity contribution >= 4 is 23.9 Å². The van der Waals surface area contributed by atoms with Crippen molar-refractivity contribution in [2.75, 3.05) is 13.2 Å². The fourth-order valence-electron chi connectivity index (χ4n) is 1.07. The van der Waals surface area contributed by atoms with Gasteiger partial charge in [0.25, 0.3) is 0 Å². The third-order valence-corrected chi connectivity index (χ3v) is 2.26. The van der Waals surface area contributed by atoms with Crippen LogP contribution in [0.2, 0.25) is 0 Å². The molecule has 0 aliphatic heterocycles. The number of esters is 1. The normalized spacial score (nSPS) is 13.0. The van der Waals surface area contributed by atoms with E-state index in [4.69, 9.17) is 35.7 Å². The summed E-state index contributed by atoms with van der Waals surface area (Å²) in [5.41, 5.74) is -2.74. The molecule has 0 aliphatic carbocycles. The molecule has 0 aromatic carbocycles. The van der Waals surface area contributed by atoms with Gasteiger partial charge in [-0.1, -0.05) is 0 Å². The number of carbonyl (C=O) groups excluding carboxylic acids is 1. The van der Waals surface area contributed by atoms with Crippen molar-refractivity contribution in [2.45, 2.75) is 37.6 Å². The van der Waals surface area contributed by atoms with E-state index in [9.17, 15) is 19.2 Å². The zero-order valence-electron chi connectivity index (χ0n) is 12.7. The first-order valence-electron chi connectivity index (χ1n) is 6.38. The fourth-order valence-corrected chi connectivity index (χ4v) is 1.07. The first kappa shape index (κ1) is 24.0. The quantitative estimate of drug-likeness (QED) is 0.206. The highest BCUT2D eigenvalue weighted by molar-refractivity contribution is 5.88. The number of hydrogen-bond donors (Lipinski definition) is 7. The molecule has 0 radical (unpaired) electrons. The lowest BCUT2D eigenvalue weighted by Gasteiger charge is -2.18. The average molecular weight is 356 g/mol. The molecule has 0 spiro atoms. The second-order valence-corrected chi connectivity index (χ2v) is 4.62. The van der Waals surface area contributed by atoms with Crippen molar-refractivity contribution in [1.82, 2.24) is 0 Å². The standard InChI is InChI=1S/C6H8O7.C6H12O5/c7-3(8)1-6(13,5(11)12)2-4(9)10;1-4(8)6(10)11-3-5(9)2-7/h13H,1-2H2,(H,7,8)(H,9,10)(H,11,12);4-5,7-9H,2-3H2,1H3. The molecule has 0 saturated heterocycles. The van der Waals surface area contributed by atoms with E-state index < -0.39 is 61.1 Å². The second kappa shape index (κ2) is 11.3. The maximum atomic E-state index is 10.5. The van der Waals surface area contributed by atoms with Gasteiger partial charge in [0.15, 0.2) is 5.60 Å². The van der Waals surface area contributed by atoms with Crippen molar-refractivity contribution in [3.05, 3.63) is 0 Å². The predicted octanol–water partition coefficient (Wildman–Crippen LogP) is -2.98. The van der Waals surface area contributed by atoms with Gasteiger partial charge in [-0.05, 0) is 6.92 Å². The third kappa shape index (κ3) is 11.3. The molecular weight excluding hydrogens is 336 g/mol. The van der Waals surface area contributed by atoms with Crippen LogP contribution in [0.1, 0.15) is 19.8 Å². The molecule has 2 unspecified atom stereocenters. The van der Waals surface area contributed by atoms with Crippen LogP contribution in [0.25, 0.3) is 0 Å². The highest BCUT2D eigenvalue weighted by atomic mass is 16.6. The lowest BCUT2D eigenvalue weighted by atomic mass is 9.96. The van der Waals surface area contributed by atoms with E-state index in [1.165, 1.54) is 6.92 Å². The summed E-state index contributed by atoms with van der Waals surface area (Å²) in [6.45, 7) is 0.501. The molecule has 0 bridgehead atoms. The van der Waals surface area contributed by atoms with E-state index in [-0.39, 0.29) is 6.61 Å². The number of carboxylic acid groups (broad SMARTS) is 3. The Morgan fingerprint density at radius 3 is 1.67 bits per heavy atom. The van der Waals surface area contributed by atoms with Crippen molar-refractivity contribution in [1.29, 1.82) is 0 Å². The minimum Gasteiger partial charge on any atom is -0.481 e. The van der Waals surface area contributed by atoms with Crippen LogP contribution in [0.4, 0.5) is 0 Å². The van der Waals surface area contributed by atoms with Crippen molar-refractivity contribution in [3.63, 3.8) is 0 Å². The van der Waals surface area contributed by atoms with E-state index in [0.29, 0.717) is 0 Å². The highest BCUT2D eigenvalue weighted by Crippen LogP contribution is 2.15. The Balaban J connectivity index is 0. The second-order valence-electron chi connectivity index (χ2n) is 4.62. The molecule has 0 heterocycles. The van der Waals surface area contributed by atoms with Gasteiger partial charge in [0, 0.05) is 0 Å². The van der Waals surface area contributed by atoms with Gasteiger partial charge in [-0.2, -0.15) is 0 Å². The molecule has 24 heavy (non-hydrogen) atoms. The predicted molar refractivity (Wildman–Crippen MR) is 72.8 cm³/mol. The third-order valence-electron chi connectivity index (χ3n) is 2.26. The van der Waals surface area contributed by atoms with Crippen molar-refractivity contribution < 1.29 is 59.7 Å². The number of aliphatic hydroxyl groups excluding tert-OH is 3. The Hall–Kier alpha value is -2.28. The first-order valence-corrected chi connectivity index (χ1v) is 6.38. The minimum atomic E-state index is -2.74. The number of ether oxygens (including phenoxy) is 1. The number of rotatable bonds is 9. The summed E-state index contributed by atoms with van der Waals surface area (Å²) in [4.78, 5) is 41.0. The molecule has 12 heteroatoms. The monoisotopic (exact) mass is 356 g/mol. The molecule has 0 aromatic heterocycles. The summed E-state index contributed by atoms with van der Waals surface area (Å²) in [5.74, 6) is -5.83. The van der Waals surface area contributed by atoms with Crippen LogP contribution in [0.15, 0.2) is 0 Å². The summed E-state index contributed by atoms with van der Waals surface area (Å²) in [5, 5.41) is 59.4. The Morgan fingerprint density at radius 2 is 1.42 bits per heavy atom. The van der Waals surface area contributed by atoms with Gasteiger partial charge >= 0.3 is 23.9 Å². The lowest BCUT2D eigenvalue weighted by molar-refractivity contribution is -0.170. The van der Waals surface area contributed by atoms with Gasteiger partial charge in [0.2, 0.25) is 0 Å². The zero-order chi connectivity index (χ0) is 19.5.